The minimum atomic E-state index is -0.657. The highest BCUT2D eigenvalue weighted by atomic mass is 32.1. The van der Waals surface area contributed by atoms with E-state index in [0.717, 1.165) is 37.1 Å². The Kier molecular flexibility index (Phi) is 19.4. The van der Waals surface area contributed by atoms with Gasteiger partial charge < -0.3 is 15.8 Å². The SMILES string of the molecule is C.C/C=C\C(=C/C)COC(=O)C(C)(C)C(CC/C(N)=C/NCC)c1cc(CC)c(C)s1.C=CC=C(C)C. The first-order valence-corrected chi connectivity index (χ1v) is 13.8. The van der Waals surface area contributed by atoms with Gasteiger partial charge in [-0.05, 0) is 91.9 Å². The number of rotatable bonds is 13. The Morgan fingerprint density at radius 3 is 2.35 bits per heavy atom. The van der Waals surface area contributed by atoms with Gasteiger partial charge in [-0.3, -0.25) is 4.79 Å². The standard InChI is InChI=1S/C25H40N2O2S.C6H10.CH4/c1-8-12-19(9-2)17-29-24(28)25(6,7)22(14-13-21(26)16-27-11-4)23-15-20(10-3)18(5)30-23;1-4-5-6(2)3;/h8-9,12,15-16,22,27H,10-11,13-14,17,26H2,1-7H3;4-5H,1H2,2-3H3;1H4/b12-8-,19-9+,21-16-;;. The quantitative estimate of drug-likeness (QED) is 0.198. The number of esters is 1. The first kappa shape index (κ1) is 36.6. The fraction of sp³-hybridized carbons (Fsp3) is 0.531. The van der Waals surface area contributed by atoms with Crippen molar-refractivity contribution in [1.29, 1.82) is 0 Å². The molecule has 0 aliphatic heterocycles. The summed E-state index contributed by atoms with van der Waals surface area (Å²) in [6.45, 7) is 23.0. The lowest BCUT2D eigenvalue weighted by Gasteiger charge is -2.32. The second-order valence-corrected chi connectivity index (χ2v) is 10.9. The summed E-state index contributed by atoms with van der Waals surface area (Å²) in [4.78, 5) is 15.7. The van der Waals surface area contributed by atoms with Gasteiger partial charge >= 0.3 is 5.97 Å². The number of carbonyl (C=O) groups is 1. The van der Waals surface area contributed by atoms with E-state index in [0.29, 0.717) is 6.61 Å². The van der Waals surface area contributed by atoms with Gasteiger partial charge in [0.1, 0.15) is 6.61 Å². The van der Waals surface area contributed by atoms with Crippen molar-refractivity contribution < 1.29 is 9.53 Å². The Hall–Kier alpha value is -2.53. The summed E-state index contributed by atoms with van der Waals surface area (Å²) in [5.41, 5.74) is 9.98. The van der Waals surface area contributed by atoms with Crippen molar-refractivity contribution in [1.82, 2.24) is 5.32 Å². The van der Waals surface area contributed by atoms with E-state index in [1.807, 2.05) is 79.0 Å². The molecule has 5 heteroatoms. The molecule has 1 aromatic rings. The van der Waals surface area contributed by atoms with Gasteiger partial charge in [0, 0.05) is 34.1 Å². The summed E-state index contributed by atoms with van der Waals surface area (Å²) in [6, 6.07) is 2.26. The molecule has 0 amide bonds. The zero-order valence-electron chi connectivity index (χ0n) is 24.2. The van der Waals surface area contributed by atoms with Gasteiger partial charge in [-0.1, -0.05) is 56.9 Å². The Morgan fingerprint density at radius 1 is 1.27 bits per heavy atom. The van der Waals surface area contributed by atoms with Crippen molar-refractivity contribution in [2.24, 2.45) is 11.1 Å². The Labute approximate surface area is 232 Å². The third kappa shape index (κ3) is 13.5. The van der Waals surface area contributed by atoms with Gasteiger partial charge in [0.25, 0.3) is 0 Å². The highest BCUT2D eigenvalue weighted by molar-refractivity contribution is 7.12. The molecule has 0 aromatic carbocycles. The van der Waals surface area contributed by atoms with E-state index < -0.39 is 5.41 Å². The van der Waals surface area contributed by atoms with Crippen LogP contribution >= 0.6 is 11.3 Å². The third-order valence-corrected chi connectivity index (χ3v) is 7.15. The number of thiophene rings is 1. The Bertz CT molecular complexity index is 929. The largest absolute Gasteiger partial charge is 0.460 e. The number of allylic oxidation sites excluding steroid dienone is 6. The zero-order valence-corrected chi connectivity index (χ0v) is 25.0. The van der Waals surface area contributed by atoms with Gasteiger partial charge in [-0.15, -0.1) is 11.3 Å². The Balaban J connectivity index is 0. The summed E-state index contributed by atoms with van der Waals surface area (Å²) in [5.74, 6) is -0.131. The molecule has 0 aliphatic carbocycles. The molecule has 0 spiro atoms. The Morgan fingerprint density at radius 2 is 1.92 bits per heavy atom. The fourth-order valence-corrected chi connectivity index (χ4v) is 5.14. The van der Waals surface area contributed by atoms with Gasteiger partial charge in [0.15, 0.2) is 0 Å². The van der Waals surface area contributed by atoms with Crippen LogP contribution in [0.3, 0.4) is 0 Å². The third-order valence-electron chi connectivity index (χ3n) is 5.95. The molecular formula is C32H54N2O2S. The highest BCUT2D eigenvalue weighted by Crippen LogP contribution is 2.44. The molecule has 0 bridgehead atoms. The van der Waals surface area contributed by atoms with Crippen LogP contribution < -0.4 is 11.1 Å². The van der Waals surface area contributed by atoms with Crippen LogP contribution in [0.5, 0.6) is 0 Å². The van der Waals surface area contributed by atoms with Crippen molar-refractivity contribution in [2.75, 3.05) is 13.2 Å². The molecule has 0 saturated carbocycles. The molecule has 3 N–H and O–H groups in total. The van der Waals surface area contributed by atoms with Crippen molar-refractivity contribution >= 4 is 17.3 Å². The minimum absolute atomic E-state index is 0. The summed E-state index contributed by atoms with van der Waals surface area (Å²) < 4.78 is 5.74. The fourth-order valence-electron chi connectivity index (χ4n) is 3.70. The number of carbonyl (C=O) groups excluding carboxylic acids is 1. The highest BCUT2D eigenvalue weighted by Gasteiger charge is 2.40. The molecule has 1 heterocycles. The number of nitrogens with two attached hydrogens (primary N) is 1. The normalized spacial score (nSPS) is 12.7. The van der Waals surface area contributed by atoms with E-state index in [2.05, 4.69) is 31.8 Å². The molecule has 210 valence electrons. The predicted octanol–water partition coefficient (Wildman–Crippen LogP) is 8.76. The van der Waals surface area contributed by atoms with E-state index in [9.17, 15) is 4.79 Å². The molecule has 37 heavy (non-hydrogen) atoms. The van der Waals surface area contributed by atoms with Crippen LogP contribution in [0.25, 0.3) is 0 Å². The lowest BCUT2D eigenvalue weighted by Crippen LogP contribution is -2.33. The minimum Gasteiger partial charge on any atom is -0.460 e. The van der Waals surface area contributed by atoms with E-state index in [1.54, 1.807) is 17.4 Å². The van der Waals surface area contributed by atoms with Crippen LogP contribution in [0, 0.1) is 12.3 Å². The monoisotopic (exact) mass is 530 g/mol. The average Bonchev–Trinajstić information content (AvgIpc) is 3.20. The van der Waals surface area contributed by atoms with Gasteiger partial charge in [-0.2, -0.15) is 0 Å². The molecule has 1 rings (SSSR count). The zero-order chi connectivity index (χ0) is 27.7. The van der Waals surface area contributed by atoms with Crippen molar-refractivity contribution in [3.63, 3.8) is 0 Å². The average molecular weight is 531 g/mol. The van der Waals surface area contributed by atoms with E-state index >= 15 is 0 Å². The molecule has 0 aliphatic rings. The van der Waals surface area contributed by atoms with Crippen LogP contribution in [0.2, 0.25) is 0 Å². The van der Waals surface area contributed by atoms with Crippen LogP contribution in [-0.4, -0.2) is 19.1 Å². The maximum Gasteiger partial charge on any atom is 0.312 e. The number of hydrogen-bond donors (Lipinski definition) is 2. The second-order valence-electron chi connectivity index (χ2n) is 9.59. The molecule has 4 nitrogen and oxygen atoms in total. The molecule has 0 fully saturated rings. The van der Waals surface area contributed by atoms with Crippen LogP contribution in [0.15, 0.2) is 66.1 Å². The first-order chi connectivity index (χ1) is 17.0. The van der Waals surface area contributed by atoms with E-state index in [4.69, 9.17) is 10.5 Å². The summed E-state index contributed by atoms with van der Waals surface area (Å²) in [7, 11) is 0. The first-order valence-electron chi connectivity index (χ1n) is 13.0. The van der Waals surface area contributed by atoms with Gasteiger partial charge in [0.05, 0.1) is 5.41 Å². The van der Waals surface area contributed by atoms with Crippen molar-refractivity contribution in [3.8, 4) is 0 Å². The number of hydrogen-bond acceptors (Lipinski definition) is 5. The lowest BCUT2D eigenvalue weighted by atomic mass is 9.75. The van der Waals surface area contributed by atoms with Crippen LogP contribution in [0.1, 0.15) is 96.9 Å². The number of aryl methyl sites for hydroxylation is 2. The van der Waals surface area contributed by atoms with Crippen molar-refractivity contribution in [2.45, 2.75) is 94.9 Å². The number of ether oxygens (including phenoxy) is 1. The topological polar surface area (TPSA) is 64.3 Å². The van der Waals surface area contributed by atoms with Crippen molar-refractivity contribution in [3.05, 3.63) is 81.4 Å². The van der Waals surface area contributed by atoms with E-state index in [-0.39, 0.29) is 19.3 Å². The van der Waals surface area contributed by atoms with Gasteiger partial charge in [-0.25, -0.2) is 0 Å². The number of nitrogens with one attached hydrogen (secondary N) is 1. The lowest BCUT2D eigenvalue weighted by molar-refractivity contribution is -0.154. The smallest absolute Gasteiger partial charge is 0.312 e. The summed E-state index contributed by atoms with van der Waals surface area (Å²) in [6.07, 6.45) is 14.0. The van der Waals surface area contributed by atoms with Crippen LogP contribution in [-0.2, 0) is 16.0 Å². The molecule has 1 atom stereocenters. The summed E-state index contributed by atoms with van der Waals surface area (Å²) in [5, 5.41) is 3.16. The van der Waals surface area contributed by atoms with E-state index in [1.165, 1.54) is 20.9 Å². The van der Waals surface area contributed by atoms with Crippen LogP contribution in [0.4, 0.5) is 0 Å². The second kappa shape index (κ2) is 19.6. The molecule has 0 saturated heterocycles. The predicted molar refractivity (Wildman–Crippen MR) is 166 cm³/mol. The maximum absolute atomic E-state index is 13.2. The summed E-state index contributed by atoms with van der Waals surface area (Å²) >= 11 is 1.79. The molecule has 0 radical (unpaired) electrons. The molecule has 1 unspecified atom stereocenters. The molecule has 1 aromatic heterocycles. The maximum atomic E-state index is 13.2. The molecular weight excluding hydrogens is 476 g/mol. The van der Waals surface area contributed by atoms with Gasteiger partial charge in [0.2, 0.25) is 0 Å².